The lowest BCUT2D eigenvalue weighted by atomic mass is 10.2. The fraction of sp³-hybridized carbons (Fsp3) is 0.0769. The van der Waals surface area contributed by atoms with Crippen molar-refractivity contribution >= 4 is 28.7 Å². The van der Waals surface area contributed by atoms with Crippen molar-refractivity contribution in [2.45, 2.75) is 0 Å². The number of hydrogen-bond donors (Lipinski definition) is 2. The molecule has 0 aliphatic rings. The molecule has 0 radical (unpaired) electrons. The van der Waals surface area contributed by atoms with Crippen LogP contribution in [-0.2, 0) is 0 Å². The van der Waals surface area contributed by atoms with Crippen molar-refractivity contribution in [3.63, 3.8) is 0 Å². The second kappa shape index (κ2) is 5.14. The highest BCUT2D eigenvalue weighted by molar-refractivity contribution is 6.31. The number of methoxy groups -OCH3 is 1. The summed E-state index contributed by atoms with van der Waals surface area (Å²) in [6, 6.07) is 9.95. The van der Waals surface area contributed by atoms with Gasteiger partial charge in [-0.15, -0.1) is 0 Å². The number of para-hydroxylation sites is 1. The van der Waals surface area contributed by atoms with Crippen LogP contribution in [0.3, 0.4) is 0 Å². The van der Waals surface area contributed by atoms with Crippen LogP contribution in [0.25, 0.3) is 0 Å². The standard InChI is InChI=1S/C13H12ClFN2O/c1-18-11-7-3-6-10(13(11)16)17-9-5-2-4-8(14)12(9)15/h2-7,17H,16H2,1H3. The van der Waals surface area contributed by atoms with Gasteiger partial charge in [-0.05, 0) is 24.3 Å². The lowest BCUT2D eigenvalue weighted by Gasteiger charge is -2.13. The molecule has 5 heteroatoms. The molecule has 0 amide bonds. The Kier molecular flexibility index (Phi) is 3.58. The van der Waals surface area contributed by atoms with Gasteiger partial charge in [-0.25, -0.2) is 4.39 Å². The minimum Gasteiger partial charge on any atom is -0.495 e. The first-order valence-electron chi connectivity index (χ1n) is 5.27. The van der Waals surface area contributed by atoms with E-state index >= 15 is 0 Å². The van der Waals surface area contributed by atoms with Gasteiger partial charge in [-0.1, -0.05) is 23.7 Å². The summed E-state index contributed by atoms with van der Waals surface area (Å²) in [5, 5.41) is 2.95. The number of anilines is 3. The van der Waals surface area contributed by atoms with E-state index in [0.29, 0.717) is 17.1 Å². The lowest BCUT2D eigenvalue weighted by Crippen LogP contribution is -2.00. The maximum atomic E-state index is 13.7. The van der Waals surface area contributed by atoms with Crippen LogP contribution in [0.1, 0.15) is 0 Å². The van der Waals surface area contributed by atoms with Crippen molar-refractivity contribution in [3.05, 3.63) is 47.2 Å². The molecule has 18 heavy (non-hydrogen) atoms. The van der Waals surface area contributed by atoms with E-state index in [-0.39, 0.29) is 10.7 Å². The summed E-state index contributed by atoms with van der Waals surface area (Å²) in [4.78, 5) is 0. The van der Waals surface area contributed by atoms with Crippen molar-refractivity contribution in [2.24, 2.45) is 0 Å². The van der Waals surface area contributed by atoms with Gasteiger partial charge in [0.2, 0.25) is 0 Å². The van der Waals surface area contributed by atoms with E-state index in [2.05, 4.69) is 5.32 Å². The second-order valence-corrected chi connectivity index (χ2v) is 4.06. The van der Waals surface area contributed by atoms with Crippen LogP contribution < -0.4 is 15.8 Å². The Hall–Kier alpha value is -1.94. The molecule has 0 unspecified atom stereocenters. The molecule has 0 aromatic heterocycles. The highest BCUT2D eigenvalue weighted by atomic mass is 35.5. The summed E-state index contributed by atoms with van der Waals surface area (Å²) in [5.41, 5.74) is 7.13. The van der Waals surface area contributed by atoms with Gasteiger partial charge in [-0.3, -0.25) is 0 Å². The molecule has 0 saturated heterocycles. The van der Waals surface area contributed by atoms with Crippen LogP contribution in [0.4, 0.5) is 21.5 Å². The average Bonchev–Trinajstić information content (AvgIpc) is 2.37. The SMILES string of the molecule is COc1cccc(Nc2cccc(Cl)c2F)c1N. The first-order valence-corrected chi connectivity index (χ1v) is 5.65. The van der Waals surface area contributed by atoms with Crippen molar-refractivity contribution in [1.82, 2.24) is 0 Å². The lowest BCUT2D eigenvalue weighted by molar-refractivity contribution is 0.417. The molecule has 2 aromatic rings. The number of benzene rings is 2. The first kappa shape index (κ1) is 12.5. The zero-order valence-corrected chi connectivity index (χ0v) is 10.5. The Bertz CT molecular complexity index is 575. The third-order valence-electron chi connectivity index (χ3n) is 2.51. The predicted molar refractivity (Wildman–Crippen MR) is 72.1 cm³/mol. The number of nitrogens with two attached hydrogens (primary N) is 1. The van der Waals surface area contributed by atoms with Crippen LogP contribution in [0.15, 0.2) is 36.4 Å². The number of hydrogen-bond acceptors (Lipinski definition) is 3. The molecule has 0 heterocycles. The van der Waals surface area contributed by atoms with Gasteiger partial charge in [-0.2, -0.15) is 0 Å². The summed E-state index contributed by atoms with van der Waals surface area (Å²) in [5.74, 6) is 0.0174. The van der Waals surface area contributed by atoms with E-state index in [9.17, 15) is 4.39 Å². The van der Waals surface area contributed by atoms with E-state index in [4.69, 9.17) is 22.1 Å². The van der Waals surface area contributed by atoms with Crippen LogP contribution in [0.5, 0.6) is 5.75 Å². The number of halogens is 2. The molecule has 0 spiro atoms. The minimum atomic E-state index is -0.513. The molecular formula is C13H12ClFN2O. The van der Waals surface area contributed by atoms with Gasteiger partial charge >= 0.3 is 0 Å². The van der Waals surface area contributed by atoms with E-state index in [1.54, 1.807) is 30.3 Å². The normalized spacial score (nSPS) is 10.2. The Morgan fingerprint density at radius 2 is 1.83 bits per heavy atom. The van der Waals surface area contributed by atoms with Gasteiger partial charge in [0.25, 0.3) is 0 Å². The van der Waals surface area contributed by atoms with Gasteiger partial charge in [0.15, 0.2) is 5.82 Å². The van der Waals surface area contributed by atoms with Crippen molar-refractivity contribution < 1.29 is 9.13 Å². The molecule has 0 saturated carbocycles. The van der Waals surface area contributed by atoms with Crippen molar-refractivity contribution in [3.8, 4) is 5.75 Å². The van der Waals surface area contributed by atoms with E-state index < -0.39 is 5.82 Å². The Balaban J connectivity index is 2.37. The van der Waals surface area contributed by atoms with Gasteiger partial charge in [0, 0.05) is 0 Å². The molecular weight excluding hydrogens is 255 g/mol. The Labute approximate surface area is 109 Å². The second-order valence-electron chi connectivity index (χ2n) is 3.65. The fourth-order valence-electron chi connectivity index (χ4n) is 1.58. The van der Waals surface area contributed by atoms with Crippen LogP contribution in [0.2, 0.25) is 5.02 Å². The molecule has 3 N–H and O–H groups in total. The van der Waals surface area contributed by atoms with Gasteiger partial charge in [0.1, 0.15) is 5.75 Å². The summed E-state index contributed by atoms with van der Waals surface area (Å²) < 4.78 is 18.8. The Morgan fingerprint density at radius 3 is 2.56 bits per heavy atom. The van der Waals surface area contributed by atoms with Crippen LogP contribution >= 0.6 is 11.6 Å². The van der Waals surface area contributed by atoms with Crippen molar-refractivity contribution in [2.75, 3.05) is 18.2 Å². The topological polar surface area (TPSA) is 47.3 Å². The first-order chi connectivity index (χ1) is 8.63. The highest BCUT2D eigenvalue weighted by Gasteiger charge is 2.09. The molecule has 3 nitrogen and oxygen atoms in total. The largest absolute Gasteiger partial charge is 0.495 e. The highest BCUT2D eigenvalue weighted by Crippen LogP contribution is 2.33. The molecule has 0 fully saturated rings. The minimum absolute atomic E-state index is 0.0569. The number of rotatable bonds is 3. The predicted octanol–water partition coefficient (Wildman–Crippen LogP) is 3.81. The molecule has 0 aliphatic heterocycles. The molecule has 2 rings (SSSR count). The van der Waals surface area contributed by atoms with Gasteiger partial charge in [0.05, 0.1) is 29.2 Å². The smallest absolute Gasteiger partial charge is 0.165 e. The molecule has 94 valence electrons. The monoisotopic (exact) mass is 266 g/mol. The molecule has 2 aromatic carbocycles. The molecule has 0 aliphatic carbocycles. The zero-order chi connectivity index (χ0) is 13.1. The van der Waals surface area contributed by atoms with E-state index in [1.807, 2.05) is 0 Å². The molecule has 0 atom stereocenters. The maximum Gasteiger partial charge on any atom is 0.165 e. The average molecular weight is 267 g/mol. The summed E-state index contributed by atoms with van der Waals surface area (Å²) in [6.45, 7) is 0. The number of nitrogen functional groups attached to an aromatic ring is 1. The van der Waals surface area contributed by atoms with Crippen molar-refractivity contribution in [1.29, 1.82) is 0 Å². The van der Waals surface area contributed by atoms with Crippen LogP contribution in [-0.4, -0.2) is 7.11 Å². The number of nitrogens with one attached hydrogen (secondary N) is 1. The Morgan fingerprint density at radius 1 is 1.17 bits per heavy atom. The number of ether oxygens (including phenoxy) is 1. The maximum absolute atomic E-state index is 13.7. The quantitative estimate of drug-likeness (QED) is 0.831. The third kappa shape index (κ3) is 2.33. The van der Waals surface area contributed by atoms with E-state index in [1.165, 1.54) is 13.2 Å². The van der Waals surface area contributed by atoms with Crippen LogP contribution in [0, 0.1) is 5.82 Å². The van der Waals surface area contributed by atoms with E-state index in [0.717, 1.165) is 0 Å². The van der Waals surface area contributed by atoms with Gasteiger partial charge < -0.3 is 15.8 Å². The summed E-state index contributed by atoms with van der Waals surface area (Å²) >= 11 is 5.71. The molecule has 0 bridgehead atoms. The third-order valence-corrected chi connectivity index (χ3v) is 2.80. The fourth-order valence-corrected chi connectivity index (χ4v) is 1.75. The zero-order valence-electron chi connectivity index (χ0n) is 9.71. The summed E-state index contributed by atoms with van der Waals surface area (Å²) in [7, 11) is 1.52. The summed E-state index contributed by atoms with van der Waals surface area (Å²) in [6.07, 6.45) is 0.